The first-order valence-electron chi connectivity index (χ1n) is 8.22. The van der Waals surface area contributed by atoms with Gasteiger partial charge in [-0.05, 0) is 34.6 Å². The number of hydrogen-bond donors (Lipinski definition) is 2. The van der Waals surface area contributed by atoms with Crippen molar-refractivity contribution in [1.82, 2.24) is 0 Å². The van der Waals surface area contributed by atoms with Crippen LogP contribution in [0.15, 0.2) is 11.0 Å². The largest absolute Gasteiger partial charge is 0.504 e. The minimum atomic E-state index is -0.201. The Labute approximate surface area is 140 Å². The van der Waals surface area contributed by atoms with Crippen molar-refractivity contribution in [3.8, 4) is 11.5 Å². The van der Waals surface area contributed by atoms with E-state index in [-0.39, 0.29) is 22.3 Å². The van der Waals surface area contributed by atoms with Gasteiger partial charge in [0.15, 0.2) is 11.5 Å². The molecule has 0 aliphatic carbocycles. The van der Waals surface area contributed by atoms with Crippen LogP contribution >= 0.6 is 11.8 Å². The van der Waals surface area contributed by atoms with Gasteiger partial charge in [0.05, 0.1) is 4.90 Å². The molecule has 0 bridgehead atoms. The van der Waals surface area contributed by atoms with Crippen LogP contribution in [-0.4, -0.2) is 16.0 Å². The summed E-state index contributed by atoms with van der Waals surface area (Å²) in [6, 6.07) is 2.08. The van der Waals surface area contributed by atoms with E-state index in [1.165, 1.54) is 12.8 Å². The monoisotopic (exact) mass is 324 g/mol. The van der Waals surface area contributed by atoms with Crippen LogP contribution in [0.5, 0.6) is 11.5 Å². The molecule has 0 spiro atoms. The highest BCUT2D eigenvalue weighted by molar-refractivity contribution is 7.99. The Bertz CT molecular complexity index is 508. The first kappa shape index (κ1) is 19.2. The van der Waals surface area contributed by atoms with E-state index in [0.717, 1.165) is 28.2 Å². The van der Waals surface area contributed by atoms with E-state index in [2.05, 4.69) is 54.5 Å². The lowest BCUT2D eigenvalue weighted by Crippen LogP contribution is -2.17. The molecule has 0 radical (unpaired) electrons. The second-order valence-electron chi connectivity index (χ2n) is 8.05. The lowest BCUT2D eigenvalue weighted by Gasteiger charge is -2.29. The topological polar surface area (TPSA) is 40.5 Å². The van der Waals surface area contributed by atoms with Gasteiger partial charge < -0.3 is 10.2 Å². The average molecular weight is 325 g/mol. The summed E-state index contributed by atoms with van der Waals surface area (Å²) < 4.78 is 0. The van der Waals surface area contributed by atoms with Gasteiger partial charge in [-0.1, -0.05) is 61.3 Å². The van der Waals surface area contributed by atoms with Crippen molar-refractivity contribution in [1.29, 1.82) is 0 Å². The number of hydrogen-bond acceptors (Lipinski definition) is 3. The van der Waals surface area contributed by atoms with E-state index < -0.39 is 0 Å². The van der Waals surface area contributed by atoms with Gasteiger partial charge in [0.1, 0.15) is 0 Å². The van der Waals surface area contributed by atoms with E-state index in [1.54, 1.807) is 11.8 Å². The molecule has 0 atom stereocenters. The zero-order valence-corrected chi connectivity index (χ0v) is 16.0. The molecule has 126 valence electrons. The van der Waals surface area contributed by atoms with Crippen molar-refractivity contribution in [2.75, 3.05) is 5.75 Å². The van der Waals surface area contributed by atoms with Crippen molar-refractivity contribution < 1.29 is 10.2 Å². The summed E-state index contributed by atoms with van der Waals surface area (Å²) in [5.74, 6) is 1.07. The van der Waals surface area contributed by atoms with Crippen molar-refractivity contribution in [2.24, 2.45) is 0 Å². The lowest BCUT2D eigenvalue weighted by atomic mass is 9.80. The third-order valence-corrected chi connectivity index (χ3v) is 5.03. The quantitative estimate of drug-likeness (QED) is 0.398. The third-order valence-electron chi connectivity index (χ3n) is 3.84. The molecule has 2 N–H and O–H groups in total. The molecule has 1 rings (SSSR count). The molecular weight excluding hydrogens is 292 g/mol. The van der Waals surface area contributed by atoms with E-state index in [9.17, 15) is 10.2 Å². The molecular formula is C19H32O2S. The Kier molecular flexibility index (Phi) is 6.26. The second-order valence-corrected chi connectivity index (χ2v) is 9.16. The highest BCUT2D eigenvalue weighted by Crippen LogP contribution is 2.48. The van der Waals surface area contributed by atoms with Crippen LogP contribution in [0.1, 0.15) is 78.9 Å². The fraction of sp³-hybridized carbons (Fsp3) is 0.684. The van der Waals surface area contributed by atoms with Gasteiger partial charge in [0.2, 0.25) is 0 Å². The van der Waals surface area contributed by atoms with Gasteiger partial charge in [-0.15, -0.1) is 11.8 Å². The highest BCUT2D eigenvalue weighted by Gasteiger charge is 2.29. The summed E-state index contributed by atoms with van der Waals surface area (Å²) in [4.78, 5) is 0.842. The first-order valence-corrected chi connectivity index (χ1v) is 9.21. The van der Waals surface area contributed by atoms with E-state index in [4.69, 9.17) is 0 Å². The van der Waals surface area contributed by atoms with Crippen LogP contribution in [0, 0.1) is 0 Å². The Hall–Kier alpha value is -0.830. The Morgan fingerprint density at radius 3 is 1.86 bits per heavy atom. The molecule has 2 nitrogen and oxygen atoms in total. The molecule has 1 aromatic rings. The number of phenolic OH excluding ortho intramolecular Hbond substituents is 2. The second kappa shape index (κ2) is 7.16. The predicted octanol–water partition coefficient (Wildman–Crippen LogP) is 5.98. The fourth-order valence-corrected chi connectivity index (χ4v) is 3.75. The van der Waals surface area contributed by atoms with Crippen molar-refractivity contribution in [2.45, 2.75) is 83.5 Å². The summed E-state index contributed by atoms with van der Waals surface area (Å²) in [7, 11) is 0. The van der Waals surface area contributed by atoms with Crippen LogP contribution in [-0.2, 0) is 10.8 Å². The normalized spacial score (nSPS) is 12.7. The number of unbranched alkanes of at least 4 members (excludes halogenated alkanes) is 2. The minimum absolute atomic E-state index is 0.0403. The van der Waals surface area contributed by atoms with E-state index in [1.807, 2.05) is 0 Å². The summed E-state index contributed by atoms with van der Waals surface area (Å²) in [6.07, 6.45) is 3.52. The van der Waals surface area contributed by atoms with Gasteiger partial charge in [-0.3, -0.25) is 0 Å². The van der Waals surface area contributed by atoms with Crippen LogP contribution in [0.3, 0.4) is 0 Å². The van der Waals surface area contributed by atoms with Gasteiger partial charge in [-0.25, -0.2) is 0 Å². The van der Waals surface area contributed by atoms with E-state index in [0.29, 0.717) is 0 Å². The first-order chi connectivity index (χ1) is 10.00. The maximum atomic E-state index is 10.6. The maximum absolute atomic E-state index is 10.6. The summed E-state index contributed by atoms with van der Waals surface area (Å²) >= 11 is 1.66. The minimum Gasteiger partial charge on any atom is -0.504 e. The smallest absolute Gasteiger partial charge is 0.171 e. The molecule has 0 fully saturated rings. The molecule has 0 amide bonds. The SMILES string of the molecule is CCCCCSc1c(C(C)(C)C)cc(C(C)(C)C)c(O)c1O. The highest BCUT2D eigenvalue weighted by atomic mass is 32.2. The molecule has 0 saturated heterocycles. The Balaban J connectivity index is 3.33. The zero-order chi connectivity index (χ0) is 17.1. The molecule has 22 heavy (non-hydrogen) atoms. The van der Waals surface area contributed by atoms with Crippen molar-refractivity contribution >= 4 is 11.8 Å². The van der Waals surface area contributed by atoms with Gasteiger partial charge >= 0.3 is 0 Å². The van der Waals surface area contributed by atoms with Crippen LogP contribution in [0.25, 0.3) is 0 Å². The molecule has 0 aliphatic rings. The molecule has 1 aromatic carbocycles. The molecule has 0 unspecified atom stereocenters. The van der Waals surface area contributed by atoms with Crippen molar-refractivity contribution in [3.05, 3.63) is 17.2 Å². The van der Waals surface area contributed by atoms with Crippen molar-refractivity contribution in [3.63, 3.8) is 0 Å². The Morgan fingerprint density at radius 1 is 0.864 bits per heavy atom. The van der Waals surface area contributed by atoms with Gasteiger partial charge in [-0.2, -0.15) is 0 Å². The maximum Gasteiger partial charge on any atom is 0.171 e. The number of phenols is 2. The number of benzene rings is 1. The molecule has 0 saturated carbocycles. The standard InChI is InChI=1S/C19H32O2S/c1-8-9-10-11-22-17-14(19(5,6)7)12-13(18(2,3)4)15(20)16(17)21/h12,20-21H,8-11H2,1-7H3. The Morgan fingerprint density at radius 2 is 1.41 bits per heavy atom. The summed E-state index contributed by atoms with van der Waals surface area (Å²) in [6.45, 7) is 14.8. The molecule has 0 aliphatic heterocycles. The van der Waals surface area contributed by atoms with Gasteiger partial charge in [0.25, 0.3) is 0 Å². The zero-order valence-electron chi connectivity index (χ0n) is 15.2. The molecule has 3 heteroatoms. The van der Waals surface area contributed by atoms with E-state index >= 15 is 0 Å². The number of aromatic hydroxyl groups is 2. The predicted molar refractivity (Wildman–Crippen MR) is 97.4 cm³/mol. The lowest BCUT2D eigenvalue weighted by molar-refractivity contribution is 0.376. The fourth-order valence-electron chi connectivity index (χ4n) is 2.44. The molecule has 0 aromatic heterocycles. The van der Waals surface area contributed by atoms with Crippen LogP contribution in [0.4, 0.5) is 0 Å². The van der Waals surface area contributed by atoms with Crippen LogP contribution < -0.4 is 0 Å². The summed E-state index contributed by atoms with van der Waals surface area (Å²) in [5, 5.41) is 21.0. The number of thioether (sulfide) groups is 1. The number of rotatable bonds is 5. The summed E-state index contributed by atoms with van der Waals surface area (Å²) in [5.41, 5.74) is 1.66. The van der Waals surface area contributed by atoms with Gasteiger partial charge in [0, 0.05) is 5.56 Å². The van der Waals surface area contributed by atoms with Crippen LogP contribution in [0.2, 0.25) is 0 Å². The molecule has 0 heterocycles. The third kappa shape index (κ3) is 4.58. The average Bonchev–Trinajstić information content (AvgIpc) is 2.36.